The van der Waals surface area contributed by atoms with E-state index in [1.54, 1.807) is 0 Å². The maximum absolute atomic E-state index is 5.85. The van der Waals surface area contributed by atoms with Gasteiger partial charge in [-0.15, -0.1) is 11.8 Å². The second-order valence-electron chi connectivity index (χ2n) is 3.83. The van der Waals surface area contributed by atoms with Crippen molar-refractivity contribution in [2.75, 3.05) is 0 Å². The summed E-state index contributed by atoms with van der Waals surface area (Å²) in [6, 6.07) is 8.21. The van der Waals surface area contributed by atoms with Crippen LogP contribution in [0.25, 0.3) is 0 Å². The van der Waals surface area contributed by atoms with Crippen LogP contribution in [0.4, 0.5) is 0 Å². The van der Waals surface area contributed by atoms with E-state index in [0.29, 0.717) is 0 Å². The molecule has 1 aliphatic carbocycles. The van der Waals surface area contributed by atoms with Crippen molar-refractivity contribution in [1.82, 2.24) is 0 Å². The Hall–Kier alpha value is -0.140. The van der Waals surface area contributed by atoms with E-state index in [4.69, 9.17) is 11.6 Å². The molecule has 0 radical (unpaired) electrons. The van der Waals surface area contributed by atoms with Crippen LogP contribution in [-0.4, -0.2) is 5.25 Å². The summed E-state index contributed by atoms with van der Waals surface area (Å²) in [5.74, 6) is 0. The monoisotopic (exact) mass is 226 g/mol. The molecule has 1 fully saturated rings. The minimum atomic E-state index is 0.831. The van der Waals surface area contributed by atoms with Crippen LogP contribution >= 0.6 is 23.4 Å². The van der Waals surface area contributed by atoms with Gasteiger partial charge in [0.15, 0.2) is 0 Å². The lowest BCUT2D eigenvalue weighted by molar-refractivity contribution is 0.516. The van der Waals surface area contributed by atoms with Crippen molar-refractivity contribution in [3.05, 3.63) is 29.3 Å². The highest BCUT2D eigenvalue weighted by Gasteiger charge is 2.14. The molecule has 0 aromatic heterocycles. The first-order chi connectivity index (χ1) is 6.84. The molecule has 0 amide bonds. The SMILES string of the molecule is Clc1ccc(SC2CCCCC2)cc1. The number of thioether (sulfide) groups is 1. The summed E-state index contributed by atoms with van der Waals surface area (Å²) in [5.41, 5.74) is 0. The first-order valence-electron chi connectivity index (χ1n) is 5.27. The molecule has 1 aromatic carbocycles. The van der Waals surface area contributed by atoms with Gasteiger partial charge in [0.05, 0.1) is 0 Å². The van der Waals surface area contributed by atoms with Crippen molar-refractivity contribution >= 4 is 23.4 Å². The number of halogens is 1. The van der Waals surface area contributed by atoms with Gasteiger partial charge in [-0.1, -0.05) is 30.9 Å². The molecule has 0 heterocycles. The molecule has 76 valence electrons. The summed E-state index contributed by atoms with van der Waals surface area (Å²) in [6.45, 7) is 0. The standard InChI is InChI=1S/C12H15ClS/c13-10-6-8-12(9-7-10)14-11-4-2-1-3-5-11/h6-9,11H,1-5H2. The largest absolute Gasteiger partial charge is 0.123 e. The zero-order valence-electron chi connectivity index (χ0n) is 8.21. The molecule has 14 heavy (non-hydrogen) atoms. The number of hydrogen-bond acceptors (Lipinski definition) is 1. The fraction of sp³-hybridized carbons (Fsp3) is 0.500. The van der Waals surface area contributed by atoms with Crippen LogP contribution in [0, 0.1) is 0 Å². The Labute approximate surface area is 95.0 Å². The van der Waals surface area contributed by atoms with Crippen molar-refractivity contribution in [2.24, 2.45) is 0 Å². The van der Waals surface area contributed by atoms with Crippen molar-refractivity contribution in [2.45, 2.75) is 42.2 Å². The Morgan fingerprint density at radius 2 is 1.64 bits per heavy atom. The van der Waals surface area contributed by atoms with Crippen molar-refractivity contribution in [3.8, 4) is 0 Å². The fourth-order valence-electron chi connectivity index (χ4n) is 1.89. The van der Waals surface area contributed by atoms with Gasteiger partial charge in [-0.25, -0.2) is 0 Å². The summed E-state index contributed by atoms with van der Waals surface area (Å²) in [7, 11) is 0. The molecule has 1 aromatic rings. The molecule has 1 saturated carbocycles. The van der Waals surface area contributed by atoms with Crippen LogP contribution in [-0.2, 0) is 0 Å². The van der Waals surface area contributed by atoms with Gasteiger partial charge >= 0.3 is 0 Å². The zero-order chi connectivity index (χ0) is 9.80. The highest BCUT2D eigenvalue weighted by molar-refractivity contribution is 8.00. The summed E-state index contributed by atoms with van der Waals surface area (Å²) in [5, 5.41) is 1.67. The van der Waals surface area contributed by atoms with Gasteiger partial charge in [-0.2, -0.15) is 0 Å². The summed E-state index contributed by atoms with van der Waals surface area (Å²) in [6.07, 6.45) is 7.01. The average molecular weight is 227 g/mol. The second kappa shape index (κ2) is 5.09. The normalized spacial score (nSPS) is 18.4. The minimum Gasteiger partial charge on any atom is -0.123 e. The van der Waals surface area contributed by atoms with Gasteiger partial charge in [0.2, 0.25) is 0 Å². The molecule has 0 spiro atoms. The minimum absolute atomic E-state index is 0.831. The Balaban J connectivity index is 1.92. The van der Waals surface area contributed by atoms with Crippen LogP contribution < -0.4 is 0 Å². The molecule has 2 rings (SSSR count). The van der Waals surface area contributed by atoms with Gasteiger partial charge in [0, 0.05) is 15.2 Å². The molecule has 0 nitrogen and oxygen atoms in total. The summed E-state index contributed by atoms with van der Waals surface area (Å²) >= 11 is 7.86. The number of rotatable bonds is 2. The Bertz CT molecular complexity index is 275. The third-order valence-electron chi connectivity index (χ3n) is 2.67. The van der Waals surface area contributed by atoms with Gasteiger partial charge in [-0.3, -0.25) is 0 Å². The van der Waals surface area contributed by atoms with Crippen LogP contribution in [0.5, 0.6) is 0 Å². The highest BCUT2D eigenvalue weighted by atomic mass is 35.5. The van der Waals surface area contributed by atoms with Gasteiger partial charge < -0.3 is 0 Å². The topological polar surface area (TPSA) is 0 Å². The van der Waals surface area contributed by atoms with Gasteiger partial charge in [-0.05, 0) is 37.1 Å². The second-order valence-corrected chi connectivity index (χ2v) is 5.64. The van der Waals surface area contributed by atoms with Gasteiger partial charge in [0.25, 0.3) is 0 Å². The van der Waals surface area contributed by atoms with E-state index >= 15 is 0 Å². The van der Waals surface area contributed by atoms with Crippen LogP contribution in [0.2, 0.25) is 5.02 Å². The highest BCUT2D eigenvalue weighted by Crippen LogP contribution is 2.33. The van der Waals surface area contributed by atoms with Crippen molar-refractivity contribution < 1.29 is 0 Å². The van der Waals surface area contributed by atoms with E-state index in [1.807, 2.05) is 23.9 Å². The molecule has 0 aliphatic heterocycles. The van der Waals surface area contributed by atoms with Crippen LogP contribution in [0.3, 0.4) is 0 Å². The average Bonchev–Trinajstić information content (AvgIpc) is 2.23. The lowest BCUT2D eigenvalue weighted by Crippen LogP contribution is -2.07. The first kappa shape index (κ1) is 10.4. The van der Waals surface area contributed by atoms with E-state index in [-0.39, 0.29) is 0 Å². The molecule has 0 unspecified atom stereocenters. The van der Waals surface area contributed by atoms with E-state index < -0.39 is 0 Å². The quantitative estimate of drug-likeness (QED) is 0.701. The smallest absolute Gasteiger partial charge is 0.0406 e. The third-order valence-corrected chi connectivity index (χ3v) is 4.27. The molecular formula is C12H15ClS. The molecule has 0 saturated heterocycles. The van der Waals surface area contributed by atoms with Gasteiger partial charge in [0.1, 0.15) is 0 Å². The molecule has 1 aliphatic rings. The van der Waals surface area contributed by atoms with E-state index in [1.165, 1.54) is 37.0 Å². The van der Waals surface area contributed by atoms with Crippen LogP contribution in [0.15, 0.2) is 29.2 Å². The molecule has 0 N–H and O–H groups in total. The fourth-order valence-corrected chi connectivity index (χ4v) is 3.26. The predicted molar refractivity (Wildman–Crippen MR) is 64.2 cm³/mol. The predicted octanol–water partition coefficient (Wildman–Crippen LogP) is 4.76. The zero-order valence-corrected chi connectivity index (χ0v) is 9.78. The molecule has 0 bridgehead atoms. The molecule has 2 heteroatoms. The summed E-state index contributed by atoms with van der Waals surface area (Å²) < 4.78 is 0. The van der Waals surface area contributed by atoms with E-state index in [0.717, 1.165) is 10.3 Å². The lowest BCUT2D eigenvalue weighted by atomic mass is 10.0. The van der Waals surface area contributed by atoms with Crippen molar-refractivity contribution in [1.29, 1.82) is 0 Å². The van der Waals surface area contributed by atoms with Crippen molar-refractivity contribution in [3.63, 3.8) is 0 Å². The third kappa shape index (κ3) is 2.93. The summed E-state index contributed by atoms with van der Waals surface area (Å²) in [4.78, 5) is 1.36. The maximum atomic E-state index is 5.85. The van der Waals surface area contributed by atoms with Crippen LogP contribution in [0.1, 0.15) is 32.1 Å². The Kier molecular flexibility index (Phi) is 3.77. The number of hydrogen-bond donors (Lipinski definition) is 0. The molecular weight excluding hydrogens is 212 g/mol. The Morgan fingerprint density at radius 1 is 1.00 bits per heavy atom. The number of benzene rings is 1. The lowest BCUT2D eigenvalue weighted by Gasteiger charge is -2.20. The first-order valence-corrected chi connectivity index (χ1v) is 6.52. The maximum Gasteiger partial charge on any atom is 0.0406 e. The molecule has 0 atom stereocenters. The van der Waals surface area contributed by atoms with E-state index in [2.05, 4.69) is 12.1 Å². The van der Waals surface area contributed by atoms with E-state index in [9.17, 15) is 0 Å². The Morgan fingerprint density at radius 3 is 2.29 bits per heavy atom.